The maximum atomic E-state index is 5.63. The topological polar surface area (TPSA) is 38.1 Å². The molecule has 0 saturated heterocycles. The number of furan rings is 1. The molecule has 1 unspecified atom stereocenters. The van der Waals surface area contributed by atoms with Gasteiger partial charge >= 0.3 is 0 Å². The number of aryl methyl sites for hydroxylation is 1. The number of nitrogens with zero attached hydrogens (tertiary/aromatic N) is 1. The summed E-state index contributed by atoms with van der Waals surface area (Å²) in [4.78, 5) is 4.33. The maximum absolute atomic E-state index is 5.63. The summed E-state index contributed by atoms with van der Waals surface area (Å²) < 4.78 is 5.63. The lowest BCUT2D eigenvalue weighted by molar-refractivity contribution is 0.416. The third-order valence-electron chi connectivity index (χ3n) is 3.47. The van der Waals surface area contributed by atoms with Gasteiger partial charge in [0.05, 0.1) is 11.6 Å². The molecule has 0 aliphatic heterocycles. The molecule has 0 radical (unpaired) electrons. The molecule has 0 saturated carbocycles. The van der Waals surface area contributed by atoms with Crippen LogP contribution in [0.1, 0.15) is 30.0 Å². The van der Waals surface area contributed by atoms with Gasteiger partial charge in [0.25, 0.3) is 0 Å². The summed E-state index contributed by atoms with van der Waals surface area (Å²) in [7, 11) is 0. The SMILES string of the molecule is Cc1ccc(C(C)NCc2ccc3ncccc3c2)o1. The number of rotatable bonds is 4. The van der Waals surface area contributed by atoms with Crippen molar-refractivity contribution in [1.29, 1.82) is 0 Å². The van der Waals surface area contributed by atoms with Gasteiger partial charge < -0.3 is 9.73 Å². The van der Waals surface area contributed by atoms with Gasteiger partial charge in [0.15, 0.2) is 0 Å². The second-order valence-corrected chi connectivity index (χ2v) is 5.08. The smallest absolute Gasteiger partial charge is 0.120 e. The summed E-state index contributed by atoms with van der Waals surface area (Å²) in [5, 5.41) is 4.65. The highest BCUT2D eigenvalue weighted by Gasteiger charge is 2.08. The molecule has 0 amide bonds. The molecule has 2 heterocycles. The van der Waals surface area contributed by atoms with Crippen LogP contribution in [0.2, 0.25) is 0 Å². The largest absolute Gasteiger partial charge is 0.465 e. The summed E-state index contributed by atoms with van der Waals surface area (Å²) in [6.07, 6.45) is 1.82. The number of pyridine rings is 1. The lowest BCUT2D eigenvalue weighted by Crippen LogP contribution is -2.17. The molecule has 1 aromatic carbocycles. The molecular formula is C17H18N2O. The molecule has 2 aromatic heterocycles. The van der Waals surface area contributed by atoms with Gasteiger partial charge in [-0.3, -0.25) is 4.98 Å². The molecule has 0 bridgehead atoms. The molecule has 102 valence electrons. The van der Waals surface area contributed by atoms with Crippen LogP contribution in [0, 0.1) is 6.92 Å². The minimum atomic E-state index is 0.202. The Labute approximate surface area is 118 Å². The highest BCUT2D eigenvalue weighted by Crippen LogP contribution is 2.17. The van der Waals surface area contributed by atoms with Gasteiger partial charge in [-0.25, -0.2) is 0 Å². The van der Waals surface area contributed by atoms with Gasteiger partial charge in [-0.15, -0.1) is 0 Å². The van der Waals surface area contributed by atoms with Crippen LogP contribution in [0.5, 0.6) is 0 Å². The van der Waals surface area contributed by atoms with E-state index in [9.17, 15) is 0 Å². The average molecular weight is 266 g/mol. The van der Waals surface area contributed by atoms with Crippen molar-refractivity contribution in [1.82, 2.24) is 10.3 Å². The van der Waals surface area contributed by atoms with Crippen LogP contribution in [0.3, 0.4) is 0 Å². The van der Waals surface area contributed by atoms with Gasteiger partial charge in [0.1, 0.15) is 11.5 Å². The monoisotopic (exact) mass is 266 g/mol. The van der Waals surface area contributed by atoms with Crippen LogP contribution in [0.15, 0.2) is 53.1 Å². The Morgan fingerprint density at radius 3 is 2.90 bits per heavy atom. The van der Waals surface area contributed by atoms with Gasteiger partial charge in [-0.2, -0.15) is 0 Å². The number of aromatic nitrogens is 1. The van der Waals surface area contributed by atoms with Crippen molar-refractivity contribution in [3.05, 3.63) is 65.7 Å². The minimum Gasteiger partial charge on any atom is -0.465 e. The zero-order valence-corrected chi connectivity index (χ0v) is 11.8. The molecule has 0 aliphatic rings. The first-order valence-corrected chi connectivity index (χ1v) is 6.86. The molecule has 20 heavy (non-hydrogen) atoms. The Hall–Kier alpha value is -2.13. The van der Waals surface area contributed by atoms with Crippen molar-refractivity contribution in [3.8, 4) is 0 Å². The Bertz CT molecular complexity index is 718. The van der Waals surface area contributed by atoms with Gasteiger partial charge in [-0.1, -0.05) is 12.1 Å². The summed E-state index contributed by atoms with van der Waals surface area (Å²) in [6.45, 7) is 4.89. The lowest BCUT2D eigenvalue weighted by atomic mass is 10.1. The Balaban J connectivity index is 1.70. The van der Waals surface area contributed by atoms with Crippen LogP contribution >= 0.6 is 0 Å². The fourth-order valence-corrected chi connectivity index (χ4v) is 2.29. The van der Waals surface area contributed by atoms with E-state index in [0.717, 1.165) is 23.6 Å². The number of benzene rings is 1. The summed E-state index contributed by atoms with van der Waals surface area (Å²) in [5.74, 6) is 1.93. The summed E-state index contributed by atoms with van der Waals surface area (Å²) in [5.41, 5.74) is 2.28. The highest BCUT2D eigenvalue weighted by atomic mass is 16.3. The molecule has 1 atom stereocenters. The Morgan fingerprint density at radius 1 is 1.20 bits per heavy atom. The normalized spacial score (nSPS) is 12.7. The molecule has 0 spiro atoms. The van der Waals surface area contributed by atoms with Crippen molar-refractivity contribution in [2.75, 3.05) is 0 Å². The second kappa shape index (κ2) is 5.47. The van der Waals surface area contributed by atoms with Crippen LogP contribution < -0.4 is 5.32 Å². The third kappa shape index (κ3) is 2.73. The van der Waals surface area contributed by atoms with E-state index in [4.69, 9.17) is 4.42 Å². The molecule has 3 rings (SSSR count). The van der Waals surface area contributed by atoms with E-state index in [1.54, 1.807) is 0 Å². The zero-order valence-electron chi connectivity index (χ0n) is 11.8. The van der Waals surface area contributed by atoms with E-state index in [1.807, 2.05) is 31.3 Å². The fraction of sp³-hybridized carbons (Fsp3) is 0.235. The van der Waals surface area contributed by atoms with Gasteiger partial charge in [0, 0.05) is 18.1 Å². The highest BCUT2D eigenvalue weighted by molar-refractivity contribution is 5.78. The standard InChI is InChI=1S/C17H18N2O/c1-12-5-8-17(20-12)13(2)19-11-14-6-7-16-15(10-14)4-3-9-18-16/h3-10,13,19H,11H2,1-2H3. The second-order valence-electron chi connectivity index (χ2n) is 5.08. The molecule has 1 N–H and O–H groups in total. The predicted molar refractivity (Wildman–Crippen MR) is 80.4 cm³/mol. The lowest BCUT2D eigenvalue weighted by Gasteiger charge is -2.11. The predicted octanol–water partition coefficient (Wildman–Crippen LogP) is 3.99. The quantitative estimate of drug-likeness (QED) is 0.776. The van der Waals surface area contributed by atoms with Crippen LogP contribution in [0.4, 0.5) is 0 Å². The van der Waals surface area contributed by atoms with Crippen molar-refractivity contribution < 1.29 is 4.42 Å². The van der Waals surface area contributed by atoms with E-state index in [2.05, 4.69) is 41.5 Å². The molecular weight excluding hydrogens is 248 g/mol. The molecule has 3 heteroatoms. The summed E-state index contributed by atoms with van der Waals surface area (Å²) >= 11 is 0. The number of fused-ring (bicyclic) bond motifs is 1. The Kier molecular flexibility index (Phi) is 3.52. The average Bonchev–Trinajstić information content (AvgIpc) is 2.91. The van der Waals surface area contributed by atoms with Crippen molar-refractivity contribution in [2.45, 2.75) is 26.4 Å². The van der Waals surface area contributed by atoms with E-state index in [0.29, 0.717) is 0 Å². The van der Waals surface area contributed by atoms with E-state index in [1.165, 1.54) is 10.9 Å². The van der Waals surface area contributed by atoms with Crippen LogP contribution in [-0.2, 0) is 6.54 Å². The number of nitrogens with one attached hydrogen (secondary N) is 1. The fourth-order valence-electron chi connectivity index (χ4n) is 2.29. The van der Waals surface area contributed by atoms with Crippen LogP contribution in [-0.4, -0.2) is 4.98 Å². The molecule has 3 aromatic rings. The first kappa shape index (κ1) is 12.9. The molecule has 0 aliphatic carbocycles. The van der Waals surface area contributed by atoms with E-state index >= 15 is 0 Å². The Morgan fingerprint density at radius 2 is 2.10 bits per heavy atom. The summed E-state index contributed by atoms with van der Waals surface area (Å²) in [6, 6.07) is 14.6. The van der Waals surface area contributed by atoms with E-state index in [-0.39, 0.29) is 6.04 Å². The third-order valence-corrected chi connectivity index (χ3v) is 3.47. The minimum absolute atomic E-state index is 0.202. The number of hydrogen-bond acceptors (Lipinski definition) is 3. The molecule has 0 fully saturated rings. The van der Waals surface area contributed by atoms with Gasteiger partial charge in [0.2, 0.25) is 0 Å². The molecule has 3 nitrogen and oxygen atoms in total. The maximum Gasteiger partial charge on any atom is 0.120 e. The van der Waals surface area contributed by atoms with Crippen molar-refractivity contribution >= 4 is 10.9 Å². The first-order chi connectivity index (χ1) is 9.72. The van der Waals surface area contributed by atoms with Crippen molar-refractivity contribution in [3.63, 3.8) is 0 Å². The van der Waals surface area contributed by atoms with E-state index < -0.39 is 0 Å². The van der Waals surface area contributed by atoms with Gasteiger partial charge in [-0.05, 0) is 49.7 Å². The number of hydrogen-bond donors (Lipinski definition) is 1. The first-order valence-electron chi connectivity index (χ1n) is 6.86. The van der Waals surface area contributed by atoms with Crippen LogP contribution in [0.25, 0.3) is 10.9 Å². The zero-order chi connectivity index (χ0) is 13.9. The van der Waals surface area contributed by atoms with Crippen molar-refractivity contribution in [2.24, 2.45) is 0 Å².